The first-order chi connectivity index (χ1) is 6.68. The summed E-state index contributed by atoms with van der Waals surface area (Å²) in [5, 5.41) is 0. The minimum atomic E-state index is 0.0626. The number of carbonyl (C=O) groups is 1. The number of hydrogen-bond donors (Lipinski definition) is 0. The fourth-order valence-electron chi connectivity index (χ4n) is 1.69. The van der Waals surface area contributed by atoms with Crippen molar-refractivity contribution in [2.45, 2.75) is 20.0 Å². The Balaban J connectivity index is 2.43. The zero-order chi connectivity index (χ0) is 10.1. The van der Waals surface area contributed by atoms with Gasteiger partial charge in [0.15, 0.2) is 0 Å². The van der Waals surface area contributed by atoms with E-state index in [1.54, 1.807) is 11.8 Å². The molecule has 1 unspecified atom stereocenters. The van der Waals surface area contributed by atoms with Gasteiger partial charge in [-0.1, -0.05) is 12.1 Å². The summed E-state index contributed by atoms with van der Waals surface area (Å²) in [6.45, 7) is 4.17. The number of carbonyl (C=O) groups excluding carboxylic acids is 1. The molecule has 0 fully saturated rings. The molecule has 1 amide bonds. The van der Waals surface area contributed by atoms with Crippen LogP contribution in [-0.4, -0.2) is 18.6 Å². The molecule has 0 aliphatic carbocycles. The third kappa shape index (κ3) is 1.45. The van der Waals surface area contributed by atoms with Gasteiger partial charge in [-0.2, -0.15) is 0 Å². The van der Waals surface area contributed by atoms with Crippen molar-refractivity contribution in [1.29, 1.82) is 0 Å². The molecule has 1 aromatic rings. The molecule has 3 heteroatoms. The van der Waals surface area contributed by atoms with Gasteiger partial charge in [-0.25, -0.2) is 0 Å². The van der Waals surface area contributed by atoms with Crippen LogP contribution < -0.4 is 9.64 Å². The lowest BCUT2D eigenvalue weighted by molar-refractivity contribution is -0.117. The normalized spacial score (nSPS) is 19.9. The third-order valence-electron chi connectivity index (χ3n) is 2.30. The zero-order valence-electron chi connectivity index (χ0n) is 8.36. The molecule has 0 bridgehead atoms. The van der Waals surface area contributed by atoms with E-state index >= 15 is 0 Å². The van der Waals surface area contributed by atoms with Gasteiger partial charge in [0.1, 0.15) is 11.9 Å². The van der Waals surface area contributed by atoms with Crippen molar-refractivity contribution in [1.82, 2.24) is 0 Å². The van der Waals surface area contributed by atoms with Crippen LogP contribution in [0.25, 0.3) is 0 Å². The summed E-state index contributed by atoms with van der Waals surface area (Å²) < 4.78 is 5.62. The van der Waals surface area contributed by atoms with Crippen molar-refractivity contribution in [2.24, 2.45) is 0 Å². The van der Waals surface area contributed by atoms with Crippen molar-refractivity contribution < 1.29 is 9.53 Å². The van der Waals surface area contributed by atoms with Crippen LogP contribution in [0.5, 0.6) is 5.75 Å². The summed E-state index contributed by atoms with van der Waals surface area (Å²) in [5.74, 6) is 0.856. The molecule has 0 saturated heterocycles. The highest BCUT2D eigenvalue weighted by Crippen LogP contribution is 2.32. The van der Waals surface area contributed by atoms with Gasteiger partial charge in [0, 0.05) is 6.92 Å². The minimum absolute atomic E-state index is 0.0626. The van der Waals surface area contributed by atoms with Crippen molar-refractivity contribution in [3.63, 3.8) is 0 Å². The van der Waals surface area contributed by atoms with Gasteiger partial charge < -0.3 is 9.64 Å². The second-order valence-corrected chi connectivity index (χ2v) is 3.53. The summed E-state index contributed by atoms with van der Waals surface area (Å²) in [6, 6.07) is 7.62. The molecule has 1 heterocycles. The number of amides is 1. The van der Waals surface area contributed by atoms with Crippen LogP contribution in [0.2, 0.25) is 0 Å². The summed E-state index contributed by atoms with van der Waals surface area (Å²) in [7, 11) is 0. The summed E-state index contributed by atoms with van der Waals surface area (Å²) >= 11 is 0. The average Bonchev–Trinajstić information content (AvgIpc) is 2.16. The van der Waals surface area contributed by atoms with Gasteiger partial charge >= 0.3 is 0 Å². The monoisotopic (exact) mass is 191 g/mol. The smallest absolute Gasteiger partial charge is 0.224 e. The van der Waals surface area contributed by atoms with E-state index in [0.29, 0.717) is 6.54 Å². The number of benzene rings is 1. The number of nitrogens with zero attached hydrogens (tertiary/aromatic N) is 1. The minimum Gasteiger partial charge on any atom is -0.487 e. The van der Waals surface area contributed by atoms with E-state index in [2.05, 4.69) is 0 Å². The maximum atomic E-state index is 11.4. The van der Waals surface area contributed by atoms with E-state index in [-0.39, 0.29) is 12.0 Å². The number of rotatable bonds is 0. The Morgan fingerprint density at radius 3 is 2.93 bits per heavy atom. The maximum Gasteiger partial charge on any atom is 0.224 e. The highest BCUT2D eigenvalue weighted by molar-refractivity contribution is 5.93. The second-order valence-electron chi connectivity index (χ2n) is 3.53. The average molecular weight is 191 g/mol. The van der Waals surface area contributed by atoms with Crippen LogP contribution in [0.3, 0.4) is 0 Å². The van der Waals surface area contributed by atoms with Crippen LogP contribution in [-0.2, 0) is 4.79 Å². The Kier molecular flexibility index (Phi) is 2.15. The van der Waals surface area contributed by atoms with Gasteiger partial charge in [-0.05, 0) is 19.1 Å². The van der Waals surface area contributed by atoms with E-state index in [1.807, 2.05) is 31.2 Å². The number of anilines is 1. The quantitative estimate of drug-likeness (QED) is 0.626. The zero-order valence-corrected chi connectivity index (χ0v) is 8.36. The molecule has 0 aromatic heterocycles. The Morgan fingerprint density at radius 2 is 2.21 bits per heavy atom. The number of para-hydroxylation sites is 2. The number of fused-ring (bicyclic) bond motifs is 1. The molecule has 0 spiro atoms. The molecular weight excluding hydrogens is 178 g/mol. The molecule has 1 aromatic carbocycles. The Hall–Kier alpha value is -1.51. The maximum absolute atomic E-state index is 11.4. The highest BCUT2D eigenvalue weighted by atomic mass is 16.5. The van der Waals surface area contributed by atoms with Crippen molar-refractivity contribution in [3.8, 4) is 5.75 Å². The molecule has 1 atom stereocenters. The molecular formula is C11H13NO2. The standard InChI is InChI=1S/C11H13NO2/c1-8-7-12(9(2)13)10-5-3-4-6-11(10)14-8/h3-6,8H,7H2,1-2H3. The molecule has 3 nitrogen and oxygen atoms in total. The van der Waals surface area contributed by atoms with E-state index in [0.717, 1.165) is 11.4 Å². The van der Waals surface area contributed by atoms with Crippen LogP contribution in [0.15, 0.2) is 24.3 Å². The van der Waals surface area contributed by atoms with E-state index < -0.39 is 0 Å². The first-order valence-corrected chi connectivity index (χ1v) is 4.72. The molecule has 0 radical (unpaired) electrons. The molecule has 14 heavy (non-hydrogen) atoms. The van der Waals surface area contributed by atoms with Crippen LogP contribution in [0.1, 0.15) is 13.8 Å². The topological polar surface area (TPSA) is 29.5 Å². The fraction of sp³-hybridized carbons (Fsp3) is 0.364. The largest absolute Gasteiger partial charge is 0.487 e. The lowest BCUT2D eigenvalue weighted by atomic mass is 10.2. The fourth-order valence-corrected chi connectivity index (χ4v) is 1.69. The van der Waals surface area contributed by atoms with Crippen LogP contribution in [0, 0.1) is 0 Å². The SMILES string of the molecule is CC(=O)N1CC(C)Oc2ccccc21. The molecule has 74 valence electrons. The second kappa shape index (κ2) is 3.33. The summed E-state index contributed by atoms with van der Waals surface area (Å²) in [5.41, 5.74) is 0.873. The van der Waals surface area contributed by atoms with Crippen molar-refractivity contribution in [2.75, 3.05) is 11.4 Å². The highest BCUT2D eigenvalue weighted by Gasteiger charge is 2.24. The number of hydrogen-bond acceptors (Lipinski definition) is 2. The lowest BCUT2D eigenvalue weighted by Gasteiger charge is -2.32. The van der Waals surface area contributed by atoms with Crippen molar-refractivity contribution >= 4 is 11.6 Å². The summed E-state index contributed by atoms with van der Waals surface area (Å²) in [4.78, 5) is 13.1. The Labute approximate surface area is 83.3 Å². The van der Waals surface area contributed by atoms with Gasteiger partial charge in [0.25, 0.3) is 0 Å². The van der Waals surface area contributed by atoms with Gasteiger partial charge in [0.05, 0.1) is 12.2 Å². The van der Waals surface area contributed by atoms with E-state index in [1.165, 1.54) is 0 Å². The first-order valence-electron chi connectivity index (χ1n) is 4.72. The predicted molar refractivity (Wildman–Crippen MR) is 54.6 cm³/mol. The van der Waals surface area contributed by atoms with E-state index in [4.69, 9.17) is 4.74 Å². The van der Waals surface area contributed by atoms with Gasteiger partial charge in [-0.3, -0.25) is 4.79 Å². The lowest BCUT2D eigenvalue weighted by Crippen LogP contribution is -2.41. The van der Waals surface area contributed by atoms with Gasteiger partial charge in [-0.15, -0.1) is 0 Å². The Bertz CT molecular complexity index is 362. The first kappa shape index (κ1) is 9.06. The Morgan fingerprint density at radius 1 is 1.50 bits per heavy atom. The number of ether oxygens (including phenoxy) is 1. The van der Waals surface area contributed by atoms with Gasteiger partial charge in [0.2, 0.25) is 5.91 Å². The third-order valence-corrected chi connectivity index (χ3v) is 2.30. The molecule has 1 aliphatic rings. The molecule has 0 N–H and O–H groups in total. The van der Waals surface area contributed by atoms with Crippen LogP contribution >= 0.6 is 0 Å². The van der Waals surface area contributed by atoms with Crippen LogP contribution in [0.4, 0.5) is 5.69 Å². The molecule has 2 rings (SSSR count). The molecule has 0 saturated carbocycles. The predicted octanol–water partition coefficient (Wildman–Crippen LogP) is 1.82. The van der Waals surface area contributed by atoms with E-state index in [9.17, 15) is 4.79 Å². The summed E-state index contributed by atoms with van der Waals surface area (Å²) in [6.07, 6.45) is 0.0637. The molecule has 1 aliphatic heterocycles. The van der Waals surface area contributed by atoms with Crippen molar-refractivity contribution in [3.05, 3.63) is 24.3 Å².